The first kappa shape index (κ1) is 11.0. The minimum Gasteiger partial charge on any atom is -0.340 e. The molecule has 0 spiro atoms. The lowest BCUT2D eigenvalue weighted by atomic mass is 10.2. The summed E-state index contributed by atoms with van der Waals surface area (Å²) in [6.45, 7) is 0. The molecule has 0 aliphatic carbocycles. The standard InChI is InChI=1S/C14H10ClN3/c15-10-6-7-14(17-9-10)18-13-5-1-4-12-11(13)3-2-8-16-12/h1-9H,(H,17,18). The monoisotopic (exact) mass is 255 g/mol. The third kappa shape index (κ3) is 2.13. The van der Waals surface area contributed by atoms with Crippen molar-refractivity contribution in [3.05, 3.63) is 59.9 Å². The van der Waals surface area contributed by atoms with Gasteiger partial charge in [-0.2, -0.15) is 0 Å². The van der Waals surface area contributed by atoms with Crippen molar-refractivity contribution in [1.29, 1.82) is 0 Å². The zero-order valence-electron chi connectivity index (χ0n) is 9.47. The molecule has 0 bridgehead atoms. The van der Waals surface area contributed by atoms with E-state index in [1.807, 2.05) is 36.4 Å². The van der Waals surface area contributed by atoms with E-state index in [4.69, 9.17) is 11.6 Å². The van der Waals surface area contributed by atoms with Crippen LogP contribution in [0, 0.1) is 0 Å². The number of aromatic nitrogens is 2. The van der Waals surface area contributed by atoms with Gasteiger partial charge < -0.3 is 5.32 Å². The molecule has 3 nitrogen and oxygen atoms in total. The van der Waals surface area contributed by atoms with E-state index in [-0.39, 0.29) is 0 Å². The summed E-state index contributed by atoms with van der Waals surface area (Å²) < 4.78 is 0. The molecule has 0 radical (unpaired) electrons. The smallest absolute Gasteiger partial charge is 0.130 e. The molecule has 88 valence electrons. The number of anilines is 2. The number of nitrogens with one attached hydrogen (secondary N) is 1. The second kappa shape index (κ2) is 4.63. The summed E-state index contributed by atoms with van der Waals surface area (Å²) >= 11 is 5.81. The van der Waals surface area contributed by atoms with E-state index in [1.165, 1.54) is 0 Å². The van der Waals surface area contributed by atoms with Gasteiger partial charge in [-0.25, -0.2) is 4.98 Å². The van der Waals surface area contributed by atoms with Gasteiger partial charge in [0.25, 0.3) is 0 Å². The lowest BCUT2D eigenvalue weighted by Crippen LogP contribution is -1.94. The highest BCUT2D eigenvalue weighted by Gasteiger charge is 2.01. The number of pyridine rings is 2. The molecule has 18 heavy (non-hydrogen) atoms. The molecule has 2 aromatic heterocycles. The number of hydrogen-bond acceptors (Lipinski definition) is 3. The Morgan fingerprint density at radius 3 is 2.72 bits per heavy atom. The Labute approximate surface area is 109 Å². The number of halogens is 1. The molecule has 2 heterocycles. The molecule has 0 amide bonds. The Bertz CT molecular complexity index is 675. The minimum absolute atomic E-state index is 0.625. The van der Waals surface area contributed by atoms with E-state index in [1.54, 1.807) is 18.5 Å². The number of rotatable bonds is 2. The summed E-state index contributed by atoms with van der Waals surface area (Å²) in [6, 6.07) is 13.5. The molecule has 0 saturated carbocycles. The zero-order valence-corrected chi connectivity index (χ0v) is 10.2. The highest BCUT2D eigenvalue weighted by atomic mass is 35.5. The first-order valence-corrected chi connectivity index (χ1v) is 5.93. The highest BCUT2D eigenvalue weighted by molar-refractivity contribution is 6.30. The van der Waals surface area contributed by atoms with E-state index in [9.17, 15) is 0 Å². The fraction of sp³-hybridized carbons (Fsp3) is 0. The van der Waals surface area contributed by atoms with Gasteiger partial charge in [0.1, 0.15) is 5.82 Å². The van der Waals surface area contributed by atoms with E-state index in [2.05, 4.69) is 15.3 Å². The van der Waals surface area contributed by atoms with Crippen molar-refractivity contribution in [2.75, 3.05) is 5.32 Å². The average molecular weight is 256 g/mol. The predicted molar refractivity (Wildman–Crippen MR) is 74.3 cm³/mol. The molecule has 4 heteroatoms. The van der Waals surface area contributed by atoms with Crippen LogP contribution in [0.2, 0.25) is 5.02 Å². The van der Waals surface area contributed by atoms with Gasteiger partial charge in [-0.3, -0.25) is 4.98 Å². The molecular weight excluding hydrogens is 246 g/mol. The van der Waals surface area contributed by atoms with Crippen LogP contribution in [0.3, 0.4) is 0 Å². The van der Waals surface area contributed by atoms with E-state index < -0.39 is 0 Å². The van der Waals surface area contributed by atoms with Crippen LogP contribution >= 0.6 is 11.6 Å². The van der Waals surface area contributed by atoms with Gasteiger partial charge in [0.2, 0.25) is 0 Å². The van der Waals surface area contributed by atoms with Gasteiger partial charge in [0, 0.05) is 23.5 Å². The largest absolute Gasteiger partial charge is 0.340 e. The maximum absolute atomic E-state index is 5.81. The number of benzene rings is 1. The van der Waals surface area contributed by atoms with Gasteiger partial charge in [0.05, 0.1) is 10.5 Å². The summed E-state index contributed by atoms with van der Waals surface area (Å²) in [5, 5.41) is 4.96. The van der Waals surface area contributed by atoms with Gasteiger partial charge in [-0.05, 0) is 36.4 Å². The van der Waals surface area contributed by atoms with Crippen molar-refractivity contribution in [1.82, 2.24) is 9.97 Å². The Morgan fingerprint density at radius 2 is 1.89 bits per heavy atom. The van der Waals surface area contributed by atoms with Crippen molar-refractivity contribution in [2.45, 2.75) is 0 Å². The fourth-order valence-electron chi connectivity index (χ4n) is 1.80. The average Bonchev–Trinajstić information content (AvgIpc) is 2.42. The molecule has 3 rings (SSSR count). The van der Waals surface area contributed by atoms with Crippen LogP contribution in [0.4, 0.5) is 11.5 Å². The van der Waals surface area contributed by atoms with E-state index in [0.717, 1.165) is 22.4 Å². The first-order valence-electron chi connectivity index (χ1n) is 5.55. The predicted octanol–water partition coefficient (Wildman–Crippen LogP) is 4.03. The normalized spacial score (nSPS) is 10.5. The SMILES string of the molecule is Clc1ccc(Nc2cccc3ncccc23)nc1. The van der Waals surface area contributed by atoms with Crippen molar-refractivity contribution < 1.29 is 0 Å². The number of nitrogens with zero attached hydrogens (tertiary/aromatic N) is 2. The molecule has 0 fully saturated rings. The van der Waals surface area contributed by atoms with Crippen molar-refractivity contribution in [3.63, 3.8) is 0 Å². The van der Waals surface area contributed by atoms with Crippen LogP contribution < -0.4 is 5.32 Å². The fourth-order valence-corrected chi connectivity index (χ4v) is 1.91. The quantitative estimate of drug-likeness (QED) is 0.751. The third-order valence-corrected chi connectivity index (χ3v) is 2.86. The van der Waals surface area contributed by atoms with Crippen molar-refractivity contribution >= 4 is 34.0 Å². The van der Waals surface area contributed by atoms with Crippen LogP contribution in [0.1, 0.15) is 0 Å². The van der Waals surface area contributed by atoms with Crippen LogP contribution in [0.25, 0.3) is 10.9 Å². The Morgan fingerprint density at radius 1 is 0.944 bits per heavy atom. The van der Waals surface area contributed by atoms with Gasteiger partial charge >= 0.3 is 0 Å². The molecule has 1 N–H and O–H groups in total. The van der Waals surface area contributed by atoms with Gasteiger partial charge in [-0.1, -0.05) is 17.7 Å². The topological polar surface area (TPSA) is 37.8 Å². The van der Waals surface area contributed by atoms with E-state index in [0.29, 0.717) is 5.02 Å². The van der Waals surface area contributed by atoms with Crippen molar-refractivity contribution in [3.8, 4) is 0 Å². The number of hydrogen-bond donors (Lipinski definition) is 1. The van der Waals surface area contributed by atoms with Gasteiger partial charge in [0.15, 0.2) is 0 Å². The summed E-state index contributed by atoms with van der Waals surface area (Å²) in [4.78, 5) is 8.53. The van der Waals surface area contributed by atoms with Crippen molar-refractivity contribution in [2.24, 2.45) is 0 Å². The highest BCUT2D eigenvalue weighted by Crippen LogP contribution is 2.24. The molecule has 0 unspecified atom stereocenters. The molecule has 0 aliphatic rings. The third-order valence-electron chi connectivity index (χ3n) is 2.64. The summed E-state index contributed by atoms with van der Waals surface area (Å²) in [5.41, 5.74) is 1.94. The lowest BCUT2D eigenvalue weighted by Gasteiger charge is -2.08. The Balaban J connectivity index is 2.02. The molecule has 0 atom stereocenters. The molecular formula is C14H10ClN3. The summed E-state index contributed by atoms with van der Waals surface area (Å²) in [7, 11) is 0. The number of fused-ring (bicyclic) bond motifs is 1. The van der Waals surface area contributed by atoms with Crippen LogP contribution in [-0.4, -0.2) is 9.97 Å². The Hall–Kier alpha value is -2.13. The second-order valence-electron chi connectivity index (χ2n) is 3.86. The molecule has 1 aromatic carbocycles. The minimum atomic E-state index is 0.625. The Kier molecular flexibility index (Phi) is 2.82. The van der Waals surface area contributed by atoms with E-state index >= 15 is 0 Å². The molecule has 3 aromatic rings. The van der Waals surface area contributed by atoms with Crippen LogP contribution in [0.5, 0.6) is 0 Å². The summed E-state index contributed by atoms with van der Waals surface area (Å²) in [5.74, 6) is 0.760. The molecule has 0 aliphatic heterocycles. The second-order valence-corrected chi connectivity index (χ2v) is 4.30. The van der Waals surface area contributed by atoms with Crippen LogP contribution in [0.15, 0.2) is 54.9 Å². The first-order chi connectivity index (χ1) is 8.83. The zero-order chi connectivity index (χ0) is 12.4. The lowest BCUT2D eigenvalue weighted by molar-refractivity contribution is 1.31. The maximum atomic E-state index is 5.81. The van der Waals surface area contributed by atoms with Gasteiger partial charge in [-0.15, -0.1) is 0 Å². The summed E-state index contributed by atoms with van der Waals surface area (Å²) in [6.07, 6.45) is 3.40. The van der Waals surface area contributed by atoms with Crippen LogP contribution in [-0.2, 0) is 0 Å². The molecule has 0 saturated heterocycles. The maximum Gasteiger partial charge on any atom is 0.130 e.